The maximum Gasteiger partial charge on any atom is 0.330 e. The second-order valence-electron chi connectivity index (χ2n) is 4.70. The first-order valence-corrected chi connectivity index (χ1v) is 6.89. The summed E-state index contributed by atoms with van der Waals surface area (Å²) in [4.78, 5) is 26.0. The van der Waals surface area contributed by atoms with Gasteiger partial charge in [0, 0.05) is 5.56 Å². The number of nitrogens with one attached hydrogen (secondary N) is 1. The summed E-state index contributed by atoms with van der Waals surface area (Å²) in [6.45, 7) is 1.59. The maximum absolute atomic E-state index is 11.9. The van der Waals surface area contributed by atoms with E-state index in [2.05, 4.69) is 4.98 Å². The van der Waals surface area contributed by atoms with Gasteiger partial charge in [-0.3, -0.25) is 14.3 Å². The molecule has 0 saturated carbocycles. The molecule has 0 atom stereocenters. The highest BCUT2D eigenvalue weighted by Crippen LogP contribution is 2.08. The van der Waals surface area contributed by atoms with Crippen LogP contribution in [-0.4, -0.2) is 27.9 Å². The molecule has 1 heterocycles. The number of aromatic nitrogens is 2. The van der Waals surface area contributed by atoms with E-state index in [0.29, 0.717) is 11.3 Å². The Morgan fingerprint density at radius 2 is 1.95 bits per heavy atom. The number of hydrogen-bond acceptors (Lipinski definition) is 4. The molecular weight excluding hydrogens is 284 g/mol. The third kappa shape index (κ3) is 3.81. The summed E-state index contributed by atoms with van der Waals surface area (Å²) in [6, 6.07) is 9.56. The quantitative estimate of drug-likeness (QED) is 0.779. The van der Waals surface area contributed by atoms with Crippen molar-refractivity contribution in [1.29, 1.82) is 0 Å². The van der Waals surface area contributed by atoms with Crippen molar-refractivity contribution in [1.82, 2.24) is 9.55 Å². The first kappa shape index (κ1) is 15.9. The summed E-state index contributed by atoms with van der Waals surface area (Å²) in [5.74, 6) is 0. The van der Waals surface area contributed by atoms with Gasteiger partial charge in [0.15, 0.2) is 0 Å². The Bertz CT molecular complexity index is 760. The number of hydrogen-bond donors (Lipinski definition) is 2. The lowest BCUT2D eigenvalue weighted by atomic mass is 10.1. The van der Waals surface area contributed by atoms with Crippen LogP contribution in [0.4, 0.5) is 0 Å². The van der Waals surface area contributed by atoms with Crippen LogP contribution < -0.4 is 11.2 Å². The molecule has 2 aromatic rings. The lowest BCUT2D eigenvalue weighted by Crippen LogP contribution is -2.34. The van der Waals surface area contributed by atoms with Crippen molar-refractivity contribution in [2.24, 2.45) is 0 Å². The first-order valence-electron chi connectivity index (χ1n) is 6.89. The number of nitrogens with zero attached hydrogens (tertiary/aromatic N) is 1. The van der Waals surface area contributed by atoms with Crippen LogP contribution in [0.15, 0.2) is 39.9 Å². The number of aliphatic hydroxyl groups excluding tert-OH is 1. The summed E-state index contributed by atoms with van der Waals surface area (Å²) >= 11 is 0. The Balaban J connectivity index is 2.41. The zero-order chi connectivity index (χ0) is 15.9. The van der Waals surface area contributed by atoms with Crippen LogP contribution in [-0.2, 0) is 11.5 Å². The molecule has 0 radical (unpaired) electrons. The first-order chi connectivity index (χ1) is 10.6. The zero-order valence-corrected chi connectivity index (χ0v) is 12.3. The minimum Gasteiger partial charge on any atom is -0.394 e. The Labute approximate surface area is 127 Å². The lowest BCUT2D eigenvalue weighted by Gasteiger charge is -2.11. The number of H-pyrrole nitrogens is 1. The zero-order valence-electron chi connectivity index (χ0n) is 12.3. The molecule has 0 spiro atoms. The molecule has 2 rings (SSSR count). The van der Waals surface area contributed by atoms with Gasteiger partial charge in [-0.2, -0.15) is 0 Å². The van der Waals surface area contributed by atoms with Crippen molar-refractivity contribution in [2.75, 3.05) is 13.2 Å². The molecule has 0 amide bonds. The predicted octanol–water partition coefficient (Wildman–Crippen LogP) is 0.982. The van der Waals surface area contributed by atoms with Crippen LogP contribution in [0.3, 0.4) is 0 Å². The van der Waals surface area contributed by atoms with Crippen LogP contribution in [0.5, 0.6) is 0 Å². The third-order valence-electron chi connectivity index (χ3n) is 3.17. The van der Waals surface area contributed by atoms with Gasteiger partial charge in [0.05, 0.1) is 18.9 Å². The van der Waals surface area contributed by atoms with Gasteiger partial charge in [-0.25, -0.2) is 4.79 Å². The lowest BCUT2D eigenvalue weighted by molar-refractivity contribution is 0.0452. The highest BCUT2D eigenvalue weighted by molar-refractivity contribution is 5.69. The van der Waals surface area contributed by atoms with E-state index in [0.717, 1.165) is 5.56 Å². The van der Waals surface area contributed by atoms with Crippen LogP contribution >= 0.6 is 0 Å². The average molecular weight is 302 g/mol. The monoisotopic (exact) mass is 302 g/mol. The van der Waals surface area contributed by atoms with Crippen LogP contribution in [0.25, 0.3) is 12.2 Å². The van der Waals surface area contributed by atoms with Crippen molar-refractivity contribution < 1.29 is 9.84 Å². The van der Waals surface area contributed by atoms with Gasteiger partial charge in [0.25, 0.3) is 5.56 Å². The third-order valence-corrected chi connectivity index (χ3v) is 3.17. The smallest absolute Gasteiger partial charge is 0.330 e. The number of aliphatic hydroxyl groups is 1. The highest BCUT2D eigenvalue weighted by Gasteiger charge is 2.09. The number of ether oxygens (including phenoxy) is 1. The molecular formula is C16H18N2O4. The van der Waals surface area contributed by atoms with Crippen LogP contribution in [0.2, 0.25) is 0 Å². The second-order valence-corrected chi connectivity index (χ2v) is 4.70. The molecule has 2 N–H and O–H groups in total. The normalized spacial score (nSPS) is 11.2. The van der Waals surface area contributed by atoms with Gasteiger partial charge in [-0.15, -0.1) is 0 Å². The minimum absolute atomic E-state index is 0.0362. The van der Waals surface area contributed by atoms with Crippen molar-refractivity contribution in [3.05, 3.63) is 68.0 Å². The predicted molar refractivity (Wildman–Crippen MR) is 84.5 cm³/mol. The number of rotatable bonds is 6. The molecule has 116 valence electrons. The fourth-order valence-electron chi connectivity index (χ4n) is 1.99. The minimum atomic E-state index is -0.541. The molecule has 6 nitrogen and oxygen atoms in total. The van der Waals surface area contributed by atoms with Gasteiger partial charge in [-0.1, -0.05) is 36.4 Å². The highest BCUT2D eigenvalue weighted by atomic mass is 16.5. The van der Waals surface area contributed by atoms with E-state index in [9.17, 15) is 9.59 Å². The Hall–Kier alpha value is -2.44. The molecule has 0 bridgehead atoms. The SMILES string of the molecule is Cc1c(C=Cc2ccccc2)n(COCCO)c(=O)[nH]c1=O. The molecule has 0 aliphatic heterocycles. The van der Waals surface area contributed by atoms with Gasteiger partial charge >= 0.3 is 5.69 Å². The Kier molecular flexibility index (Phi) is 5.46. The van der Waals surface area contributed by atoms with Crippen molar-refractivity contribution in [3.8, 4) is 0 Å². The van der Waals surface area contributed by atoms with E-state index in [1.807, 2.05) is 36.4 Å². The van der Waals surface area contributed by atoms with E-state index in [1.54, 1.807) is 13.0 Å². The molecule has 22 heavy (non-hydrogen) atoms. The van der Waals surface area contributed by atoms with Crippen molar-refractivity contribution in [3.63, 3.8) is 0 Å². The second kappa shape index (κ2) is 7.53. The van der Waals surface area contributed by atoms with E-state index in [1.165, 1.54) is 4.57 Å². The average Bonchev–Trinajstić information content (AvgIpc) is 2.52. The fraction of sp³-hybridized carbons (Fsp3) is 0.250. The topological polar surface area (TPSA) is 84.3 Å². The van der Waals surface area contributed by atoms with E-state index >= 15 is 0 Å². The summed E-state index contributed by atoms with van der Waals surface area (Å²) in [5, 5.41) is 8.75. The molecule has 1 aromatic heterocycles. The van der Waals surface area contributed by atoms with Crippen molar-refractivity contribution >= 4 is 12.2 Å². The van der Waals surface area contributed by atoms with Gasteiger partial charge in [0.2, 0.25) is 0 Å². The summed E-state index contributed by atoms with van der Waals surface area (Å²) in [5.41, 5.74) is 0.907. The molecule has 0 fully saturated rings. The van der Waals surface area contributed by atoms with Gasteiger partial charge in [0.1, 0.15) is 6.73 Å². The van der Waals surface area contributed by atoms with E-state index in [4.69, 9.17) is 9.84 Å². The summed E-state index contributed by atoms with van der Waals surface area (Å²) in [7, 11) is 0. The van der Waals surface area contributed by atoms with Gasteiger partial charge in [-0.05, 0) is 18.6 Å². The Morgan fingerprint density at radius 3 is 2.64 bits per heavy atom. The number of aromatic amines is 1. The van der Waals surface area contributed by atoms with Crippen molar-refractivity contribution in [2.45, 2.75) is 13.7 Å². The Morgan fingerprint density at radius 1 is 1.23 bits per heavy atom. The summed E-state index contributed by atoms with van der Waals surface area (Å²) < 4.78 is 6.52. The molecule has 0 saturated heterocycles. The number of benzene rings is 1. The fourth-order valence-corrected chi connectivity index (χ4v) is 1.99. The van der Waals surface area contributed by atoms with Crippen LogP contribution in [0.1, 0.15) is 16.8 Å². The molecule has 0 aliphatic carbocycles. The molecule has 6 heteroatoms. The summed E-state index contributed by atoms with van der Waals surface area (Å²) in [6.07, 6.45) is 3.54. The van der Waals surface area contributed by atoms with E-state index < -0.39 is 11.2 Å². The largest absolute Gasteiger partial charge is 0.394 e. The van der Waals surface area contributed by atoms with Gasteiger partial charge < -0.3 is 9.84 Å². The molecule has 0 aliphatic rings. The molecule has 0 unspecified atom stereocenters. The van der Waals surface area contributed by atoms with E-state index in [-0.39, 0.29) is 19.9 Å². The maximum atomic E-state index is 11.9. The van der Waals surface area contributed by atoms with Crippen LogP contribution in [0, 0.1) is 6.92 Å². The standard InChI is InChI=1S/C16H18N2O4/c1-12-14(8-7-13-5-3-2-4-6-13)18(11-22-10-9-19)16(21)17-15(12)20/h2-8,19H,9-11H2,1H3,(H,17,20,21). The molecule has 1 aromatic carbocycles.